The summed E-state index contributed by atoms with van der Waals surface area (Å²) < 4.78 is 0. The Morgan fingerprint density at radius 1 is 0.676 bits per heavy atom. The minimum Gasteiger partial charge on any atom is -0.345 e. The fourth-order valence-electron chi connectivity index (χ4n) is 3.78. The molecule has 188 valence electrons. The van der Waals surface area contributed by atoms with Gasteiger partial charge in [0.05, 0.1) is 0 Å². The lowest BCUT2D eigenvalue weighted by atomic mass is 10.1. The highest BCUT2D eigenvalue weighted by molar-refractivity contribution is 5.54. The van der Waals surface area contributed by atoms with E-state index in [0.29, 0.717) is 0 Å². The van der Waals surface area contributed by atoms with Crippen LogP contribution in [-0.2, 0) is 0 Å². The lowest BCUT2D eigenvalue weighted by molar-refractivity contribution is 0.942. The first-order valence-corrected chi connectivity index (χ1v) is 13.1. The number of likely N-dealkylation sites (N-methyl/N-ethyl adjacent to an activating group) is 1. The molecule has 0 aromatic heterocycles. The predicted octanol–water partition coefficient (Wildman–Crippen LogP) is 9.42. The topological polar surface area (TPSA) is 3.24 Å². The average Bonchev–Trinajstić information content (AvgIpc) is 3.70. The van der Waals surface area contributed by atoms with Crippen LogP contribution in [0.5, 0.6) is 0 Å². The summed E-state index contributed by atoms with van der Waals surface area (Å²) in [5.74, 6) is 1.66. The number of anilines is 1. The molecule has 0 heterocycles. The Hall–Kier alpha value is -4.06. The number of allylic oxidation sites excluding steroid dienone is 8. The number of nitrogens with zero attached hydrogens (tertiary/aromatic N) is 1. The van der Waals surface area contributed by atoms with E-state index < -0.39 is 0 Å². The highest BCUT2D eigenvalue weighted by Crippen LogP contribution is 2.44. The Morgan fingerprint density at radius 3 is 1.65 bits per heavy atom. The fourth-order valence-corrected chi connectivity index (χ4v) is 3.78. The van der Waals surface area contributed by atoms with Crippen molar-refractivity contribution in [1.29, 1.82) is 0 Å². The lowest BCUT2D eigenvalue weighted by Gasteiger charge is -2.22. The van der Waals surface area contributed by atoms with Crippen LogP contribution in [0.2, 0.25) is 0 Å². The fraction of sp³-hybridized carbons (Fsp3) is 0.194. The normalized spacial score (nSPS) is 19.4. The highest BCUT2D eigenvalue weighted by Gasteiger charge is 2.35. The van der Waals surface area contributed by atoms with Crippen molar-refractivity contribution < 1.29 is 0 Å². The minimum atomic E-state index is 0.816. The SMILES string of the molecule is C1=C/C=C\C/C=C\C=1.CN(C1=CC2CC2C=C1)c1ccccc1.Cc1ccccc1.Cc1ccccc1. The molecular weight excluding hydrogens is 446 g/mol. The molecule has 1 saturated carbocycles. The quantitative estimate of drug-likeness (QED) is 0.327. The first-order valence-electron chi connectivity index (χ1n) is 13.1. The van der Waals surface area contributed by atoms with Gasteiger partial charge >= 0.3 is 0 Å². The van der Waals surface area contributed by atoms with Gasteiger partial charge in [-0.2, -0.15) is 0 Å². The molecule has 3 aromatic rings. The summed E-state index contributed by atoms with van der Waals surface area (Å²) in [5, 5.41) is 0. The van der Waals surface area contributed by atoms with Crippen LogP contribution in [0.1, 0.15) is 24.0 Å². The maximum Gasteiger partial charge on any atom is 0.0407 e. The standard InChI is InChI=1S/C14H15N.C8H8.2C7H8/c1-15(13-5-3-2-4-6-13)14-8-7-11-9-12(11)10-14;1-2-4-6-8-7-5-3-1;2*1-7-5-3-2-4-6-7/h2-8,10-12H,9H2,1H3;1-3,6-8H,4H2;2*2-6H,1H3/b;2-1-,8-6-;;. The summed E-state index contributed by atoms with van der Waals surface area (Å²) >= 11 is 0. The molecule has 2 unspecified atom stereocenters. The number of aryl methyl sites for hydroxylation is 2. The van der Waals surface area contributed by atoms with Crippen LogP contribution in [0.25, 0.3) is 0 Å². The molecule has 1 nitrogen and oxygen atoms in total. The molecular formula is C36H39N. The van der Waals surface area contributed by atoms with Crippen molar-refractivity contribution in [3.63, 3.8) is 0 Å². The number of benzene rings is 3. The van der Waals surface area contributed by atoms with Crippen LogP contribution in [0.4, 0.5) is 5.69 Å². The molecule has 0 N–H and O–H groups in total. The van der Waals surface area contributed by atoms with Gasteiger partial charge in [0, 0.05) is 18.4 Å². The van der Waals surface area contributed by atoms with Gasteiger partial charge in [0.1, 0.15) is 0 Å². The lowest BCUT2D eigenvalue weighted by Crippen LogP contribution is -2.16. The van der Waals surface area contributed by atoms with Crippen molar-refractivity contribution in [2.45, 2.75) is 26.7 Å². The number of hydrogen-bond donors (Lipinski definition) is 0. The molecule has 1 heteroatoms. The van der Waals surface area contributed by atoms with Crippen LogP contribution in [-0.4, -0.2) is 7.05 Å². The first-order chi connectivity index (χ1) is 18.1. The van der Waals surface area contributed by atoms with Crippen molar-refractivity contribution in [3.8, 4) is 0 Å². The molecule has 3 aliphatic carbocycles. The Morgan fingerprint density at radius 2 is 1.19 bits per heavy atom. The van der Waals surface area contributed by atoms with Crippen LogP contribution in [0, 0.1) is 25.7 Å². The molecule has 0 aliphatic heterocycles. The van der Waals surface area contributed by atoms with Crippen LogP contribution in [0.15, 0.2) is 157 Å². The Kier molecular flexibility index (Phi) is 11.8. The van der Waals surface area contributed by atoms with E-state index in [9.17, 15) is 0 Å². The van der Waals surface area contributed by atoms with Crippen molar-refractivity contribution in [2.24, 2.45) is 11.8 Å². The summed E-state index contributed by atoms with van der Waals surface area (Å²) in [6.45, 7) is 4.17. The molecule has 3 aromatic carbocycles. The molecule has 37 heavy (non-hydrogen) atoms. The van der Waals surface area contributed by atoms with Crippen LogP contribution >= 0.6 is 0 Å². The van der Waals surface area contributed by atoms with Gasteiger partial charge < -0.3 is 4.90 Å². The van der Waals surface area contributed by atoms with E-state index >= 15 is 0 Å². The van der Waals surface area contributed by atoms with E-state index in [1.165, 1.54) is 28.9 Å². The van der Waals surface area contributed by atoms with E-state index in [-0.39, 0.29) is 0 Å². The summed E-state index contributed by atoms with van der Waals surface area (Å²) in [6, 6.07) is 31.0. The van der Waals surface area contributed by atoms with Gasteiger partial charge in [-0.15, -0.1) is 5.73 Å². The van der Waals surface area contributed by atoms with E-state index in [2.05, 4.69) is 117 Å². The Bertz CT molecular complexity index is 1170. The van der Waals surface area contributed by atoms with Gasteiger partial charge in [0.2, 0.25) is 0 Å². The molecule has 0 saturated heterocycles. The third-order valence-corrected chi connectivity index (χ3v) is 6.13. The van der Waals surface area contributed by atoms with Crippen molar-refractivity contribution >= 4 is 5.69 Å². The van der Waals surface area contributed by atoms with Gasteiger partial charge in [-0.1, -0.05) is 126 Å². The number of hydrogen-bond acceptors (Lipinski definition) is 1. The average molecular weight is 486 g/mol. The number of rotatable bonds is 2. The predicted molar refractivity (Wildman–Crippen MR) is 162 cm³/mol. The van der Waals surface area contributed by atoms with Gasteiger partial charge in [0.25, 0.3) is 0 Å². The number of para-hydroxylation sites is 1. The molecule has 6 rings (SSSR count). The molecule has 0 radical (unpaired) electrons. The smallest absolute Gasteiger partial charge is 0.0407 e. The third kappa shape index (κ3) is 11.0. The van der Waals surface area contributed by atoms with Crippen molar-refractivity contribution in [2.75, 3.05) is 11.9 Å². The molecule has 0 spiro atoms. The Labute approximate surface area is 224 Å². The molecule has 2 atom stereocenters. The zero-order valence-electron chi connectivity index (χ0n) is 22.4. The number of fused-ring (bicyclic) bond motifs is 1. The Balaban J connectivity index is 0.000000148. The van der Waals surface area contributed by atoms with Gasteiger partial charge in [0.15, 0.2) is 0 Å². The third-order valence-electron chi connectivity index (χ3n) is 6.13. The van der Waals surface area contributed by atoms with Gasteiger partial charge in [-0.25, -0.2) is 0 Å². The van der Waals surface area contributed by atoms with E-state index in [1.54, 1.807) is 0 Å². The van der Waals surface area contributed by atoms with Crippen LogP contribution < -0.4 is 4.90 Å². The zero-order chi connectivity index (χ0) is 26.1. The summed E-state index contributed by atoms with van der Waals surface area (Å²) in [7, 11) is 2.13. The summed E-state index contributed by atoms with van der Waals surface area (Å²) in [5.41, 5.74) is 8.20. The van der Waals surface area contributed by atoms with Crippen LogP contribution in [0.3, 0.4) is 0 Å². The molecule has 1 fully saturated rings. The second-order valence-electron chi connectivity index (χ2n) is 9.31. The van der Waals surface area contributed by atoms with E-state index in [0.717, 1.165) is 18.3 Å². The maximum absolute atomic E-state index is 2.96. The molecule has 0 amide bonds. The minimum absolute atomic E-state index is 0.816. The zero-order valence-corrected chi connectivity index (χ0v) is 22.4. The van der Waals surface area contributed by atoms with Gasteiger partial charge in [-0.3, -0.25) is 0 Å². The van der Waals surface area contributed by atoms with E-state index in [1.807, 2.05) is 60.7 Å². The molecule has 0 bridgehead atoms. The first kappa shape index (κ1) is 27.5. The summed E-state index contributed by atoms with van der Waals surface area (Å²) in [4.78, 5) is 2.26. The second kappa shape index (κ2) is 15.8. The largest absolute Gasteiger partial charge is 0.345 e. The highest BCUT2D eigenvalue weighted by atomic mass is 15.1. The monoisotopic (exact) mass is 485 g/mol. The van der Waals surface area contributed by atoms with Gasteiger partial charge in [-0.05, 0) is 68.9 Å². The van der Waals surface area contributed by atoms with Crippen molar-refractivity contribution in [1.82, 2.24) is 0 Å². The maximum atomic E-state index is 2.96. The van der Waals surface area contributed by atoms with E-state index in [4.69, 9.17) is 0 Å². The van der Waals surface area contributed by atoms with Crippen molar-refractivity contribution in [3.05, 3.63) is 168 Å². The molecule has 3 aliphatic rings. The second-order valence-corrected chi connectivity index (χ2v) is 9.31. The summed E-state index contributed by atoms with van der Waals surface area (Å²) in [6.07, 6.45) is 21.4.